The Balaban J connectivity index is 5.12. The van der Waals surface area contributed by atoms with E-state index in [4.69, 9.17) is 37.0 Å². The first-order chi connectivity index (χ1) is 43.2. The summed E-state index contributed by atoms with van der Waals surface area (Å²) in [6, 6.07) is 0. The zero-order valence-electron chi connectivity index (χ0n) is 57.4. The average Bonchev–Trinajstić information content (AvgIpc) is 3.53. The van der Waals surface area contributed by atoms with E-state index >= 15 is 0 Å². The SMILES string of the molecule is CCCCCCCCCCCCCCCCCCCCCCCC(=O)O[C@H](COC(=O)CCCCCCCCCCCC)COP(=O)(O)OC[C@@H](O)COP(=O)(O)OC[C@@H](COC(=O)CCCCCCCCCC)OC(=O)CCCCCCCCCCCC. The normalized spacial score (nSPS) is 14.0. The summed E-state index contributed by atoms with van der Waals surface area (Å²) < 4.78 is 68.1. The molecular weight excluding hydrogens is 1170 g/mol. The van der Waals surface area contributed by atoms with E-state index in [-0.39, 0.29) is 25.7 Å². The van der Waals surface area contributed by atoms with Gasteiger partial charge >= 0.3 is 39.5 Å². The van der Waals surface area contributed by atoms with Crippen LogP contribution in [0.1, 0.15) is 368 Å². The maximum atomic E-state index is 13.0. The fraction of sp³-hybridized carbons (Fsp3) is 0.943. The fourth-order valence-electron chi connectivity index (χ4n) is 10.7. The molecule has 0 aliphatic carbocycles. The van der Waals surface area contributed by atoms with Crippen LogP contribution in [0.5, 0.6) is 0 Å². The number of carbonyl (C=O) groups is 4. The van der Waals surface area contributed by atoms with Gasteiger partial charge in [0.05, 0.1) is 26.4 Å². The largest absolute Gasteiger partial charge is 0.472 e. The van der Waals surface area contributed by atoms with Crippen molar-refractivity contribution in [2.75, 3.05) is 39.6 Å². The third kappa shape index (κ3) is 64.6. The van der Waals surface area contributed by atoms with Gasteiger partial charge in [0.15, 0.2) is 12.2 Å². The molecule has 0 aromatic rings. The summed E-state index contributed by atoms with van der Waals surface area (Å²) in [5.74, 6) is -2.13. The molecule has 17 nitrogen and oxygen atoms in total. The van der Waals surface area contributed by atoms with Gasteiger partial charge in [-0.25, -0.2) is 9.13 Å². The molecule has 0 aliphatic rings. The quantitative estimate of drug-likeness (QED) is 0.0222. The number of carbonyl (C=O) groups excluding carboxylic acids is 4. The summed E-state index contributed by atoms with van der Waals surface area (Å²) in [6.45, 7) is 4.89. The van der Waals surface area contributed by atoms with E-state index in [0.29, 0.717) is 25.7 Å². The minimum absolute atomic E-state index is 0.107. The van der Waals surface area contributed by atoms with E-state index in [1.807, 2.05) is 0 Å². The molecule has 19 heteroatoms. The smallest absolute Gasteiger partial charge is 0.462 e. The van der Waals surface area contributed by atoms with E-state index in [9.17, 15) is 43.2 Å². The Morgan fingerprint density at radius 2 is 0.449 bits per heavy atom. The minimum atomic E-state index is -4.95. The highest BCUT2D eigenvalue weighted by Gasteiger charge is 2.30. The van der Waals surface area contributed by atoms with Crippen molar-refractivity contribution in [2.45, 2.75) is 386 Å². The molecule has 0 heterocycles. The predicted octanol–water partition coefficient (Wildman–Crippen LogP) is 20.3. The van der Waals surface area contributed by atoms with Gasteiger partial charge in [0.2, 0.25) is 0 Å². The lowest BCUT2D eigenvalue weighted by molar-refractivity contribution is -0.161. The van der Waals surface area contributed by atoms with Gasteiger partial charge in [-0.3, -0.25) is 37.3 Å². The van der Waals surface area contributed by atoms with Crippen molar-refractivity contribution in [1.82, 2.24) is 0 Å². The van der Waals surface area contributed by atoms with Gasteiger partial charge in [-0.15, -0.1) is 0 Å². The van der Waals surface area contributed by atoms with Crippen molar-refractivity contribution in [2.24, 2.45) is 0 Å². The van der Waals surface area contributed by atoms with Crippen LogP contribution in [0.4, 0.5) is 0 Å². The van der Waals surface area contributed by atoms with Crippen molar-refractivity contribution in [3.05, 3.63) is 0 Å². The number of phosphoric ester groups is 2. The summed E-state index contributed by atoms with van der Waals surface area (Å²) in [5, 5.41) is 10.6. The van der Waals surface area contributed by atoms with Crippen molar-refractivity contribution >= 4 is 39.5 Å². The maximum Gasteiger partial charge on any atom is 0.472 e. The lowest BCUT2D eigenvalue weighted by Crippen LogP contribution is -2.30. The summed E-state index contributed by atoms with van der Waals surface area (Å²) in [5.41, 5.74) is 0. The Morgan fingerprint density at radius 1 is 0.270 bits per heavy atom. The molecule has 0 saturated carbocycles. The zero-order chi connectivity index (χ0) is 65.4. The third-order valence-electron chi connectivity index (χ3n) is 16.4. The fourth-order valence-corrected chi connectivity index (χ4v) is 12.3. The molecule has 3 N–H and O–H groups in total. The molecule has 0 spiro atoms. The number of unbranched alkanes of at least 4 members (excludes halogenated alkanes) is 45. The first kappa shape index (κ1) is 87.1. The lowest BCUT2D eigenvalue weighted by atomic mass is 10.0. The van der Waals surface area contributed by atoms with Crippen molar-refractivity contribution in [3.8, 4) is 0 Å². The third-order valence-corrected chi connectivity index (χ3v) is 18.3. The zero-order valence-corrected chi connectivity index (χ0v) is 59.2. The van der Waals surface area contributed by atoms with Crippen molar-refractivity contribution in [3.63, 3.8) is 0 Å². The molecule has 0 saturated heterocycles. The molecule has 0 amide bonds. The first-order valence-electron chi connectivity index (χ1n) is 36.8. The number of aliphatic hydroxyl groups is 1. The monoisotopic (exact) mass is 1310 g/mol. The van der Waals surface area contributed by atoms with E-state index in [2.05, 4.69) is 27.7 Å². The number of hydrogen-bond acceptors (Lipinski definition) is 15. The van der Waals surface area contributed by atoms with Crippen LogP contribution in [0, 0.1) is 0 Å². The molecule has 2 unspecified atom stereocenters. The second kappa shape index (κ2) is 64.8. The van der Waals surface area contributed by atoms with E-state index in [1.165, 1.54) is 193 Å². The summed E-state index contributed by atoms with van der Waals surface area (Å²) in [6.07, 6.45) is 52.9. The van der Waals surface area contributed by atoms with Gasteiger partial charge in [-0.1, -0.05) is 317 Å². The van der Waals surface area contributed by atoms with Crippen LogP contribution in [0.15, 0.2) is 0 Å². The Hall–Kier alpha value is -1.94. The minimum Gasteiger partial charge on any atom is -0.462 e. The highest BCUT2D eigenvalue weighted by atomic mass is 31.2. The summed E-state index contributed by atoms with van der Waals surface area (Å²) >= 11 is 0. The second-order valence-electron chi connectivity index (χ2n) is 25.3. The molecule has 0 aromatic heterocycles. The molecule has 0 fully saturated rings. The molecule has 5 atom stereocenters. The molecule has 0 aromatic carbocycles. The van der Waals surface area contributed by atoms with Gasteiger partial charge in [0, 0.05) is 25.7 Å². The van der Waals surface area contributed by atoms with Crippen LogP contribution in [0.25, 0.3) is 0 Å². The number of esters is 4. The lowest BCUT2D eigenvalue weighted by Gasteiger charge is -2.21. The standard InChI is InChI=1S/C70H136O17P2/c1-5-9-13-17-21-25-28-29-30-31-32-33-34-35-36-37-38-41-45-49-53-57-70(75)87-66(61-81-68(73)55-51-47-43-39-26-22-18-14-10-6-2)63-85-89(78,79)83-59-64(71)58-82-88(76,77)84-62-65(60-80-67(72)54-50-46-42-24-20-16-12-8-4)86-69(74)56-52-48-44-40-27-23-19-15-11-7-3/h64-66,71H,5-63H2,1-4H3,(H,76,77)(H,78,79)/t64-,65+,66+/m0/s1. The van der Waals surface area contributed by atoms with Crippen LogP contribution in [-0.4, -0.2) is 96.7 Å². The van der Waals surface area contributed by atoms with Crippen LogP contribution in [-0.2, 0) is 65.4 Å². The first-order valence-corrected chi connectivity index (χ1v) is 39.8. The van der Waals surface area contributed by atoms with E-state index in [1.54, 1.807) is 0 Å². The number of phosphoric acid groups is 2. The average molecular weight is 1310 g/mol. The van der Waals surface area contributed by atoms with Crippen LogP contribution in [0.2, 0.25) is 0 Å². The van der Waals surface area contributed by atoms with Gasteiger partial charge in [-0.05, 0) is 25.7 Å². The predicted molar refractivity (Wildman–Crippen MR) is 359 cm³/mol. The molecule has 0 aliphatic heterocycles. The Morgan fingerprint density at radius 3 is 0.663 bits per heavy atom. The molecule has 0 rings (SSSR count). The maximum absolute atomic E-state index is 13.0. The molecule has 528 valence electrons. The summed E-state index contributed by atoms with van der Waals surface area (Å²) in [7, 11) is -9.89. The number of aliphatic hydroxyl groups excluding tert-OH is 1. The molecule has 0 radical (unpaired) electrons. The van der Waals surface area contributed by atoms with Crippen molar-refractivity contribution in [1.29, 1.82) is 0 Å². The Kier molecular flexibility index (Phi) is 63.3. The van der Waals surface area contributed by atoms with Gasteiger partial charge in [0.25, 0.3) is 0 Å². The number of ether oxygens (including phenoxy) is 4. The van der Waals surface area contributed by atoms with Crippen LogP contribution >= 0.6 is 15.6 Å². The van der Waals surface area contributed by atoms with Crippen LogP contribution < -0.4 is 0 Å². The van der Waals surface area contributed by atoms with E-state index < -0.39 is 97.5 Å². The molecular formula is C70H136O17P2. The Bertz CT molecular complexity index is 1710. The summed E-state index contributed by atoms with van der Waals surface area (Å²) in [4.78, 5) is 72.3. The highest BCUT2D eigenvalue weighted by Crippen LogP contribution is 2.45. The topological polar surface area (TPSA) is 237 Å². The highest BCUT2D eigenvalue weighted by molar-refractivity contribution is 7.47. The number of rotatable bonds is 71. The van der Waals surface area contributed by atoms with Crippen LogP contribution in [0.3, 0.4) is 0 Å². The Labute approximate surface area is 543 Å². The van der Waals surface area contributed by atoms with Gasteiger partial charge < -0.3 is 33.8 Å². The van der Waals surface area contributed by atoms with E-state index in [0.717, 1.165) is 96.3 Å². The van der Waals surface area contributed by atoms with Gasteiger partial charge in [0.1, 0.15) is 19.3 Å². The number of hydrogen-bond donors (Lipinski definition) is 3. The van der Waals surface area contributed by atoms with Crippen molar-refractivity contribution < 1.29 is 80.2 Å². The van der Waals surface area contributed by atoms with Gasteiger partial charge in [-0.2, -0.15) is 0 Å². The second-order valence-corrected chi connectivity index (χ2v) is 28.2. The molecule has 0 bridgehead atoms. The molecule has 89 heavy (non-hydrogen) atoms.